The molecule has 0 fully saturated rings. The van der Waals surface area contributed by atoms with Gasteiger partial charge in [-0.15, -0.1) is 0 Å². The lowest BCUT2D eigenvalue weighted by molar-refractivity contribution is 0.483. The van der Waals surface area contributed by atoms with Gasteiger partial charge in [0.05, 0.1) is 5.69 Å². The Kier molecular flexibility index (Phi) is 3.30. The van der Waals surface area contributed by atoms with Gasteiger partial charge in [0.2, 0.25) is 0 Å². The van der Waals surface area contributed by atoms with Crippen molar-refractivity contribution in [3.05, 3.63) is 72.3 Å². The Bertz CT molecular complexity index is 722. The predicted octanol–water partition coefficient (Wildman–Crippen LogP) is 4.72. The number of benzene rings is 3. The summed E-state index contributed by atoms with van der Waals surface area (Å²) in [5.74, 6) is 0.311. The fraction of sp³-hybridized carbons (Fsp3) is 0.111. The number of fused-ring (bicyclic) bond motifs is 1. The molecule has 0 saturated carbocycles. The predicted molar refractivity (Wildman–Crippen MR) is 84.1 cm³/mol. The van der Waals surface area contributed by atoms with E-state index in [1.807, 2.05) is 54.6 Å². The molecule has 1 atom stereocenters. The standard InChI is InChI=1S/C18H17NO/c1-13(14-7-3-2-4-8-14)19-17-12-11-15-9-5-6-10-16(15)18(17)20/h2-13,19-20H,1H3/t13-/m0/s1. The molecular formula is C18H17NO. The van der Waals surface area contributed by atoms with Gasteiger partial charge in [-0.25, -0.2) is 0 Å². The van der Waals surface area contributed by atoms with Gasteiger partial charge in [-0.05, 0) is 23.9 Å². The molecule has 3 aromatic carbocycles. The molecule has 0 spiro atoms. The average molecular weight is 263 g/mol. The second-order valence-corrected chi connectivity index (χ2v) is 4.96. The highest BCUT2D eigenvalue weighted by atomic mass is 16.3. The molecule has 0 heterocycles. The number of nitrogens with one attached hydrogen (secondary N) is 1. The van der Waals surface area contributed by atoms with Crippen LogP contribution in [-0.4, -0.2) is 5.11 Å². The fourth-order valence-corrected chi connectivity index (χ4v) is 2.43. The highest BCUT2D eigenvalue weighted by molar-refractivity contribution is 5.93. The minimum Gasteiger partial charge on any atom is -0.505 e. The summed E-state index contributed by atoms with van der Waals surface area (Å²) in [5, 5.41) is 15.7. The summed E-state index contributed by atoms with van der Waals surface area (Å²) in [6.07, 6.45) is 0. The Morgan fingerprint density at radius 3 is 2.35 bits per heavy atom. The van der Waals surface area contributed by atoms with Gasteiger partial charge in [0.1, 0.15) is 5.75 Å². The van der Waals surface area contributed by atoms with E-state index in [0.717, 1.165) is 16.5 Å². The van der Waals surface area contributed by atoms with Crippen molar-refractivity contribution in [3.63, 3.8) is 0 Å². The van der Waals surface area contributed by atoms with Crippen molar-refractivity contribution in [1.29, 1.82) is 0 Å². The second kappa shape index (κ2) is 5.25. The molecule has 0 aliphatic rings. The monoisotopic (exact) mass is 263 g/mol. The number of rotatable bonds is 3. The summed E-state index contributed by atoms with van der Waals surface area (Å²) in [5.41, 5.74) is 1.96. The van der Waals surface area contributed by atoms with Gasteiger partial charge in [-0.2, -0.15) is 0 Å². The lowest BCUT2D eigenvalue weighted by Gasteiger charge is -2.17. The minimum atomic E-state index is 0.142. The Labute approximate surface area is 118 Å². The van der Waals surface area contributed by atoms with E-state index in [0.29, 0.717) is 5.75 Å². The third-order valence-electron chi connectivity index (χ3n) is 3.57. The van der Waals surface area contributed by atoms with E-state index in [9.17, 15) is 5.11 Å². The molecule has 100 valence electrons. The maximum atomic E-state index is 10.4. The molecule has 0 aliphatic carbocycles. The molecule has 0 aromatic heterocycles. The van der Waals surface area contributed by atoms with E-state index in [4.69, 9.17) is 0 Å². The lowest BCUT2D eigenvalue weighted by atomic mass is 10.1. The van der Waals surface area contributed by atoms with Crippen molar-refractivity contribution in [2.24, 2.45) is 0 Å². The molecule has 3 rings (SSSR count). The zero-order valence-electron chi connectivity index (χ0n) is 11.4. The van der Waals surface area contributed by atoms with E-state index < -0.39 is 0 Å². The Balaban J connectivity index is 1.93. The van der Waals surface area contributed by atoms with Crippen LogP contribution in [0.1, 0.15) is 18.5 Å². The van der Waals surface area contributed by atoms with Gasteiger partial charge < -0.3 is 10.4 Å². The van der Waals surface area contributed by atoms with Crippen LogP contribution in [0.3, 0.4) is 0 Å². The van der Waals surface area contributed by atoms with Crippen molar-refractivity contribution in [1.82, 2.24) is 0 Å². The second-order valence-electron chi connectivity index (χ2n) is 4.96. The van der Waals surface area contributed by atoms with Gasteiger partial charge >= 0.3 is 0 Å². The molecule has 2 nitrogen and oxygen atoms in total. The Hall–Kier alpha value is -2.48. The normalized spacial score (nSPS) is 12.2. The molecule has 0 amide bonds. The van der Waals surface area contributed by atoms with Crippen LogP contribution >= 0.6 is 0 Å². The van der Waals surface area contributed by atoms with Crippen molar-refractivity contribution >= 4 is 16.5 Å². The number of hydrogen-bond donors (Lipinski definition) is 2. The van der Waals surface area contributed by atoms with E-state index in [2.05, 4.69) is 24.4 Å². The van der Waals surface area contributed by atoms with Crippen LogP contribution in [0.4, 0.5) is 5.69 Å². The molecule has 20 heavy (non-hydrogen) atoms. The van der Waals surface area contributed by atoms with E-state index in [-0.39, 0.29) is 6.04 Å². The third-order valence-corrected chi connectivity index (χ3v) is 3.57. The topological polar surface area (TPSA) is 32.3 Å². The summed E-state index contributed by atoms with van der Waals surface area (Å²) in [6.45, 7) is 2.09. The summed E-state index contributed by atoms with van der Waals surface area (Å²) < 4.78 is 0. The summed E-state index contributed by atoms with van der Waals surface area (Å²) in [4.78, 5) is 0. The number of phenols is 1. The van der Waals surface area contributed by atoms with Gasteiger partial charge in [-0.1, -0.05) is 60.7 Å². The first-order chi connectivity index (χ1) is 9.75. The highest BCUT2D eigenvalue weighted by Crippen LogP contribution is 2.34. The summed E-state index contributed by atoms with van der Waals surface area (Å²) in [7, 11) is 0. The van der Waals surface area contributed by atoms with Crippen molar-refractivity contribution in [2.45, 2.75) is 13.0 Å². The number of aromatic hydroxyl groups is 1. The molecule has 0 unspecified atom stereocenters. The largest absolute Gasteiger partial charge is 0.505 e. The molecule has 0 bridgehead atoms. The third kappa shape index (κ3) is 2.32. The van der Waals surface area contributed by atoms with E-state index in [1.54, 1.807) is 0 Å². The quantitative estimate of drug-likeness (QED) is 0.670. The summed E-state index contributed by atoms with van der Waals surface area (Å²) >= 11 is 0. The van der Waals surface area contributed by atoms with Gasteiger partial charge in [0, 0.05) is 11.4 Å². The van der Waals surface area contributed by atoms with Crippen molar-refractivity contribution in [3.8, 4) is 5.75 Å². The molecule has 2 heteroatoms. The van der Waals surface area contributed by atoms with Crippen LogP contribution in [0, 0.1) is 0 Å². The average Bonchev–Trinajstić information content (AvgIpc) is 2.51. The molecule has 3 aromatic rings. The number of hydrogen-bond acceptors (Lipinski definition) is 2. The van der Waals surface area contributed by atoms with Gasteiger partial charge in [0.25, 0.3) is 0 Å². The Morgan fingerprint density at radius 1 is 0.850 bits per heavy atom. The molecule has 0 saturated heterocycles. The Morgan fingerprint density at radius 2 is 1.55 bits per heavy atom. The minimum absolute atomic E-state index is 0.142. The summed E-state index contributed by atoms with van der Waals surface area (Å²) in [6, 6.07) is 22.1. The zero-order valence-corrected chi connectivity index (χ0v) is 11.4. The van der Waals surface area contributed by atoms with Crippen LogP contribution < -0.4 is 5.32 Å². The van der Waals surface area contributed by atoms with Crippen LogP contribution in [0.25, 0.3) is 10.8 Å². The first-order valence-corrected chi connectivity index (χ1v) is 6.78. The van der Waals surface area contributed by atoms with Crippen LogP contribution in [0.2, 0.25) is 0 Å². The fourth-order valence-electron chi connectivity index (χ4n) is 2.43. The van der Waals surface area contributed by atoms with E-state index >= 15 is 0 Å². The highest BCUT2D eigenvalue weighted by Gasteiger charge is 2.09. The maximum Gasteiger partial charge on any atom is 0.146 e. The number of anilines is 1. The van der Waals surface area contributed by atoms with E-state index in [1.165, 1.54) is 5.56 Å². The molecule has 0 aliphatic heterocycles. The van der Waals surface area contributed by atoms with Gasteiger partial charge in [-0.3, -0.25) is 0 Å². The molecular weight excluding hydrogens is 246 g/mol. The van der Waals surface area contributed by atoms with Crippen LogP contribution in [-0.2, 0) is 0 Å². The maximum absolute atomic E-state index is 10.4. The first kappa shape index (κ1) is 12.5. The number of phenolic OH excluding ortho intramolecular Hbond substituents is 1. The molecule has 2 N–H and O–H groups in total. The van der Waals surface area contributed by atoms with Crippen LogP contribution in [0.15, 0.2) is 66.7 Å². The zero-order chi connectivity index (χ0) is 13.9. The van der Waals surface area contributed by atoms with Crippen LogP contribution in [0.5, 0.6) is 5.75 Å². The van der Waals surface area contributed by atoms with Crippen molar-refractivity contribution in [2.75, 3.05) is 5.32 Å². The SMILES string of the molecule is C[C@H](Nc1ccc2ccccc2c1O)c1ccccc1. The molecule has 0 radical (unpaired) electrons. The smallest absolute Gasteiger partial charge is 0.146 e. The van der Waals surface area contributed by atoms with Gasteiger partial charge in [0.15, 0.2) is 0 Å². The van der Waals surface area contributed by atoms with Crippen molar-refractivity contribution < 1.29 is 5.11 Å². The lowest BCUT2D eigenvalue weighted by Crippen LogP contribution is -2.06. The first-order valence-electron chi connectivity index (χ1n) is 6.78.